The molecule has 0 bridgehead atoms. The van der Waals surface area contributed by atoms with Gasteiger partial charge in [0.2, 0.25) is 5.91 Å². The van der Waals surface area contributed by atoms with Crippen molar-refractivity contribution in [1.82, 2.24) is 15.1 Å². The van der Waals surface area contributed by atoms with Crippen LogP contribution in [0.4, 0.5) is 0 Å². The van der Waals surface area contributed by atoms with Crippen LogP contribution in [-0.2, 0) is 15.3 Å². The number of carbonyl (C=O) groups excluding carboxylic acids is 1. The summed E-state index contributed by atoms with van der Waals surface area (Å²) in [7, 11) is 0. The second-order valence-corrected chi connectivity index (χ2v) is 6.60. The summed E-state index contributed by atoms with van der Waals surface area (Å²) < 4.78 is 7.16. The van der Waals surface area contributed by atoms with Gasteiger partial charge in [0, 0.05) is 31.0 Å². The van der Waals surface area contributed by atoms with E-state index < -0.39 is 0 Å². The Morgan fingerprint density at radius 2 is 2.22 bits per heavy atom. The van der Waals surface area contributed by atoms with Gasteiger partial charge in [0.1, 0.15) is 0 Å². The fraction of sp³-hybridized carbons (Fsp3) is 0.412. The zero-order chi connectivity index (χ0) is 15.9. The summed E-state index contributed by atoms with van der Waals surface area (Å²) in [5, 5.41) is 7.51. The number of rotatable bonds is 7. The topological polar surface area (TPSA) is 56.2 Å². The maximum absolute atomic E-state index is 11.8. The number of thioether (sulfide) groups is 1. The van der Waals surface area contributed by atoms with Crippen LogP contribution in [0.2, 0.25) is 0 Å². The third kappa shape index (κ3) is 4.84. The zero-order valence-corrected chi connectivity index (χ0v) is 13.8. The lowest BCUT2D eigenvalue weighted by Crippen LogP contribution is -2.30. The number of para-hydroxylation sites is 1. The van der Waals surface area contributed by atoms with Gasteiger partial charge in [0.15, 0.2) is 0 Å². The minimum absolute atomic E-state index is 0.0874. The molecule has 23 heavy (non-hydrogen) atoms. The highest BCUT2D eigenvalue weighted by atomic mass is 32.2. The van der Waals surface area contributed by atoms with E-state index in [0.717, 1.165) is 43.3 Å². The van der Waals surface area contributed by atoms with Gasteiger partial charge in [-0.25, -0.2) is 4.68 Å². The molecule has 2 aromatic rings. The van der Waals surface area contributed by atoms with E-state index in [-0.39, 0.29) is 5.91 Å². The Labute approximate surface area is 140 Å². The molecule has 0 saturated carbocycles. The summed E-state index contributed by atoms with van der Waals surface area (Å²) in [5.41, 5.74) is 2.02. The minimum Gasteiger partial charge on any atom is -0.381 e. The van der Waals surface area contributed by atoms with E-state index in [9.17, 15) is 4.79 Å². The van der Waals surface area contributed by atoms with Crippen molar-refractivity contribution in [2.45, 2.75) is 12.2 Å². The van der Waals surface area contributed by atoms with Crippen LogP contribution >= 0.6 is 11.8 Å². The number of nitrogens with one attached hydrogen (secondary N) is 1. The van der Waals surface area contributed by atoms with Crippen LogP contribution in [0.3, 0.4) is 0 Å². The molecule has 1 N–H and O–H groups in total. The molecule has 0 radical (unpaired) electrons. The molecule has 1 aliphatic rings. The van der Waals surface area contributed by atoms with Crippen LogP contribution in [0.5, 0.6) is 0 Å². The van der Waals surface area contributed by atoms with Crippen LogP contribution in [0.1, 0.15) is 12.1 Å². The number of benzene rings is 1. The molecule has 5 nitrogen and oxygen atoms in total. The standard InChI is InChI=1S/C17H21N3O2S/c21-17(18-10-14-7-9-22-11-14)13-23-12-15-6-8-20(19-15)16-4-2-1-3-5-16/h1-6,8,14H,7,9-13H2,(H,18,21)/t14-/m1/s1. The zero-order valence-electron chi connectivity index (χ0n) is 13.0. The van der Waals surface area contributed by atoms with Crippen molar-refractivity contribution in [3.05, 3.63) is 48.3 Å². The molecule has 1 atom stereocenters. The van der Waals surface area contributed by atoms with Gasteiger partial charge in [0.05, 0.1) is 23.7 Å². The molecule has 0 aliphatic carbocycles. The van der Waals surface area contributed by atoms with E-state index in [4.69, 9.17) is 4.74 Å². The second kappa shape index (κ2) is 8.17. The van der Waals surface area contributed by atoms with Gasteiger partial charge in [-0.1, -0.05) is 18.2 Å². The first-order valence-electron chi connectivity index (χ1n) is 7.83. The molecule has 1 saturated heterocycles. The van der Waals surface area contributed by atoms with Crippen molar-refractivity contribution in [2.75, 3.05) is 25.5 Å². The Morgan fingerprint density at radius 3 is 3.00 bits per heavy atom. The number of nitrogens with zero attached hydrogens (tertiary/aromatic N) is 2. The summed E-state index contributed by atoms with van der Waals surface area (Å²) in [6.07, 6.45) is 3.00. The van der Waals surface area contributed by atoms with Crippen molar-refractivity contribution in [1.29, 1.82) is 0 Å². The Kier molecular flexibility index (Phi) is 5.71. The number of aromatic nitrogens is 2. The average Bonchev–Trinajstić information content (AvgIpc) is 3.26. The van der Waals surface area contributed by atoms with E-state index in [2.05, 4.69) is 10.4 Å². The van der Waals surface area contributed by atoms with E-state index >= 15 is 0 Å². The summed E-state index contributed by atoms with van der Waals surface area (Å²) >= 11 is 1.59. The predicted molar refractivity (Wildman–Crippen MR) is 91.7 cm³/mol. The number of hydrogen-bond acceptors (Lipinski definition) is 4. The van der Waals surface area contributed by atoms with Crippen LogP contribution < -0.4 is 5.32 Å². The molecule has 1 aliphatic heterocycles. The molecule has 0 spiro atoms. The first-order valence-corrected chi connectivity index (χ1v) is 8.99. The number of amides is 1. The number of hydrogen-bond donors (Lipinski definition) is 1. The van der Waals surface area contributed by atoms with E-state index in [0.29, 0.717) is 11.7 Å². The Balaban J connectivity index is 1.39. The van der Waals surface area contributed by atoms with Gasteiger partial charge in [-0.15, -0.1) is 11.8 Å². The van der Waals surface area contributed by atoms with Gasteiger partial charge >= 0.3 is 0 Å². The summed E-state index contributed by atoms with van der Waals surface area (Å²) in [6, 6.07) is 12.0. The summed E-state index contributed by atoms with van der Waals surface area (Å²) in [6.45, 7) is 2.31. The third-order valence-electron chi connectivity index (χ3n) is 3.76. The maximum atomic E-state index is 11.8. The summed E-state index contributed by atoms with van der Waals surface area (Å²) in [4.78, 5) is 11.8. The maximum Gasteiger partial charge on any atom is 0.230 e. The SMILES string of the molecule is O=C(CSCc1ccn(-c2ccccc2)n1)NC[C@H]1CCOC1. The minimum atomic E-state index is 0.0874. The molecule has 1 aromatic carbocycles. The molecule has 1 fully saturated rings. The lowest BCUT2D eigenvalue weighted by atomic mass is 10.1. The highest BCUT2D eigenvalue weighted by molar-refractivity contribution is 7.99. The smallest absolute Gasteiger partial charge is 0.230 e. The van der Waals surface area contributed by atoms with Crippen LogP contribution in [0.15, 0.2) is 42.6 Å². The van der Waals surface area contributed by atoms with Gasteiger partial charge in [-0.05, 0) is 24.6 Å². The average molecular weight is 331 g/mol. The van der Waals surface area contributed by atoms with Crippen LogP contribution in [0, 0.1) is 5.92 Å². The highest BCUT2D eigenvalue weighted by Gasteiger charge is 2.16. The third-order valence-corrected chi connectivity index (χ3v) is 4.73. The van der Waals surface area contributed by atoms with E-state index in [1.54, 1.807) is 11.8 Å². The van der Waals surface area contributed by atoms with Gasteiger partial charge in [-0.2, -0.15) is 5.10 Å². The predicted octanol–water partition coefficient (Wildman–Crippen LogP) is 2.26. The molecular formula is C17H21N3O2S. The lowest BCUT2D eigenvalue weighted by molar-refractivity contribution is -0.118. The highest BCUT2D eigenvalue weighted by Crippen LogP contribution is 2.13. The van der Waals surface area contributed by atoms with Crippen LogP contribution in [-0.4, -0.2) is 41.2 Å². The molecule has 3 rings (SSSR count). The normalized spacial score (nSPS) is 17.3. The molecule has 122 valence electrons. The molecule has 0 unspecified atom stereocenters. The molecule has 6 heteroatoms. The first-order chi connectivity index (χ1) is 11.3. The Bertz CT molecular complexity index is 624. The second-order valence-electron chi connectivity index (χ2n) is 5.61. The lowest BCUT2D eigenvalue weighted by Gasteiger charge is -2.08. The molecule has 1 amide bonds. The van der Waals surface area contributed by atoms with Crippen LogP contribution in [0.25, 0.3) is 5.69 Å². The molecule has 2 heterocycles. The van der Waals surface area contributed by atoms with Crippen molar-refractivity contribution in [3.8, 4) is 5.69 Å². The monoisotopic (exact) mass is 331 g/mol. The fourth-order valence-corrected chi connectivity index (χ4v) is 3.22. The Morgan fingerprint density at radius 1 is 1.35 bits per heavy atom. The molecular weight excluding hydrogens is 310 g/mol. The van der Waals surface area contributed by atoms with E-state index in [1.165, 1.54) is 0 Å². The van der Waals surface area contributed by atoms with Crippen molar-refractivity contribution >= 4 is 17.7 Å². The number of carbonyl (C=O) groups is 1. The van der Waals surface area contributed by atoms with Crippen molar-refractivity contribution in [2.24, 2.45) is 5.92 Å². The van der Waals surface area contributed by atoms with Crippen molar-refractivity contribution < 1.29 is 9.53 Å². The van der Waals surface area contributed by atoms with Gasteiger partial charge < -0.3 is 10.1 Å². The fourth-order valence-electron chi connectivity index (χ4n) is 2.47. The number of ether oxygens (including phenoxy) is 1. The van der Waals surface area contributed by atoms with Crippen molar-refractivity contribution in [3.63, 3.8) is 0 Å². The Hall–Kier alpha value is -1.79. The largest absolute Gasteiger partial charge is 0.381 e. The quantitative estimate of drug-likeness (QED) is 0.845. The summed E-state index contributed by atoms with van der Waals surface area (Å²) in [5.74, 6) is 1.76. The molecule has 1 aromatic heterocycles. The van der Waals surface area contributed by atoms with Gasteiger partial charge in [-0.3, -0.25) is 4.79 Å². The van der Waals surface area contributed by atoms with Gasteiger partial charge in [0.25, 0.3) is 0 Å². The first kappa shape index (κ1) is 16.1. The van der Waals surface area contributed by atoms with E-state index in [1.807, 2.05) is 47.3 Å².